The van der Waals surface area contributed by atoms with Crippen molar-refractivity contribution in [2.24, 2.45) is 0 Å². The van der Waals surface area contributed by atoms with E-state index in [1.54, 1.807) is 13.2 Å². The fourth-order valence-corrected chi connectivity index (χ4v) is 3.55. The Balaban J connectivity index is 1.42. The third kappa shape index (κ3) is 3.36. The Morgan fingerprint density at radius 2 is 2.11 bits per heavy atom. The molecular formula is C21H20FN3O3. The van der Waals surface area contributed by atoms with Crippen LogP contribution < -0.4 is 15.0 Å². The molecule has 2 amide bonds. The Hall–Kier alpha value is -3.19. The van der Waals surface area contributed by atoms with Crippen molar-refractivity contribution in [1.29, 1.82) is 0 Å². The highest BCUT2D eigenvalue weighted by Gasteiger charge is 2.39. The summed E-state index contributed by atoms with van der Waals surface area (Å²) in [6, 6.07) is 10.7. The van der Waals surface area contributed by atoms with Crippen LogP contribution in [0.15, 0.2) is 48.7 Å². The predicted octanol–water partition coefficient (Wildman–Crippen LogP) is 2.78. The van der Waals surface area contributed by atoms with Gasteiger partial charge in [0.2, 0.25) is 5.91 Å². The molecule has 28 heavy (non-hydrogen) atoms. The fourth-order valence-electron chi connectivity index (χ4n) is 3.55. The van der Waals surface area contributed by atoms with Crippen molar-refractivity contribution in [3.63, 3.8) is 0 Å². The Morgan fingerprint density at radius 1 is 1.25 bits per heavy atom. The number of anilines is 1. The molecule has 0 unspecified atom stereocenters. The second-order valence-corrected chi connectivity index (χ2v) is 6.73. The van der Waals surface area contributed by atoms with E-state index in [9.17, 15) is 14.0 Å². The van der Waals surface area contributed by atoms with Gasteiger partial charge in [0.25, 0.3) is 5.91 Å². The van der Waals surface area contributed by atoms with Gasteiger partial charge in [-0.05, 0) is 48.4 Å². The van der Waals surface area contributed by atoms with E-state index < -0.39 is 11.9 Å². The number of aromatic amines is 1. The van der Waals surface area contributed by atoms with Crippen molar-refractivity contribution < 1.29 is 18.7 Å². The number of ether oxygens (including phenoxy) is 1. The number of methoxy groups -OCH3 is 1. The lowest BCUT2D eigenvalue weighted by atomic mass is 10.1. The van der Waals surface area contributed by atoms with Crippen LogP contribution >= 0.6 is 0 Å². The number of rotatable bonds is 6. The average molecular weight is 381 g/mol. The summed E-state index contributed by atoms with van der Waals surface area (Å²) in [7, 11) is 1.63. The van der Waals surface area contributed by atoms with Gasteiger partial charge in [0.1, 0.15) is 11.6 Å². The van der Waals surface area contributed by atoms with E-state index in [1.165, 1.54) is 18.2 Å². The maximum Gasteiger partial charge on any atom is 0.251 e. The number of hydrogen-bond donors (Lipinski definition) is 2. The maximum absolute atomic E-state index is 13.4. The first-order valence-corrected chi connectivity index (χ1v) is 9.06. The molecule has 144 valence electrons. The zero-order chi connectivity index (χ0) is 19.7. The Morgan fingerprint density at radius 3 is 2.89 bits per heavy atom. The molecule has 6 nitrogen and oxygen atoms in total. The molecule has 7 heteroatoms. The van der Waals surface area contributed by atoms with Crippen molar-refractivity contribution >= 4 is 28.4 Å². The van der Waals surface area contributed by atoms with Crippen LogP contribution in [0.3, 0.4) is 0 Å². The van der Waals surface area contributed by atoms with E-state index in [0.717, 1.165) is 27.1 Å². The summed E-state index contributed by atoms with van der Waals surface area (Å²) in [5.41, 5.74) is 2.38. The molecule has 0 spiro atoms. The van der Waals surface area contributed by atoms with Gasteiger partial charge in [-0.15, -0.1) is 0 Å². The van der Waals surface area contributed by atoms with Gasteiger partial charge in [-0.2, -0.15) is 0 Å². The number of carbonyl (C=O) groups excluding carboxylic acids is 2. The Labute approximate surface area is 161 Å². The molecule has 1 saturated heterocycles. The largest absolute Gasteiger partial charge is 0.497 e. The SMILES string of the molecule is COc1ccc2[nH]cc(CCN[C@@H]3CC(=O)N(c4cccc(F)c4)C3=O)c2c1. The monoisotopic (exact) mass is 381 g/mol. The molecular weight excluding hydrogens is 361 g/mol. The van der Waals surface area contributed by atoms with Crippen LogP contribution in [0.4, 0.5) is 10.1 Å². The number of aromatic nitrogens is 1. The summed E-state index contributed by atoms with van der Waals surface area (Å²) in [5.74, 6) is -0.381. The Bertz CT molecular complexity index is 1050. The van der Waals surface area contributed by atoms with Gasteiger partial charge in [-0.1, -0.05) is 6.07 Å². The molecule has 1 aromatic heterocycles. The van der Waals surface area contributed by atoms with Gasteiger partial charge in [0.15, 0.2) is 0 Å². The lowest BCUT2D eigenvalue weighted by molar-refractivity contribution is -0.121. The van der Waals surface area contributed by atoms with E-state index in [2.05, 4.69) is 10.3 Å². The summed E-state index contributed by atoms with van der Waals surface area (Å²) in [6.45, 7) is 0.533. The van der Waals surface area contributed by atoms with Crippen LogP contribution in [0.1, 0.15) is 12.0 Å². The van der Waals surface area contributed by atoms with Gasteiger partial charge < -0.3 is 15.0 Å². The topological polar surface area (TPSA) is 74.4 Å². The van der Waals surface area contributed by atoms with Crippen LogP contribution in [-0.4, -0.2) is 36.5 Å². The van der Waals surface area contributed by atoms with Gasteiger partial charge >= 0.3 is 0 Å². The highest BCUT2D eigenvalue weighted by Crippen LogP contribution is 2.25. The number of benzene rings is 2. The van der Waals surface area contributed by atoms with Crippen molar-refractivity contribution in [3.8, 4) is 5.75 Å². The first-order chi connectivity index (χ1) is 13.6. The standard InChI is InChI=1S/C21H20FN3O3/c1-28-16-5-6-18-17(10-16)13(12-24-18)7-8-23-19-11-20(26)25(21(19)27)15-4-2-3-14(22)9-15/h2-6,9-10,12,19,23-24H,7-8,11H2,1H3/t19-/m1/s1. The van der Waals surface area contributed by atoms with Crippen molar-refractivity contribution in [2.45, 2.75) is 18.9 Å². The number of amides is 2. The maximum atomic E-state index is 13.4. The molecule has 0 bridgehead atoms. The third-order valence-corrected chi connectivity index (χ3v) is 4.97. The molecule has 4 rings (SSSR count). The number of imide groups is 1. The van der Waals surface area contributed by atoms with Gasteiger partial charge in [0.05, 0.1) is 25.3 Å². The summed E-state index contributed by atoms with van der Waals surface area (Å²) >= 11 is 0. The summed E-state index contributed by atoms with van der Waals surface area (Å²) in [6.07, 6.45) is 2.69. The van der Waals surface area contributed by atoms with Crippen LogP contribution in [0.5, 0.6) is 5.75 Å². The first-order valence-electron chi connectivity index (χ1n) is 9.06. The minimum Gasteiger partial charge on any atom is -0.497 e. The number of nitrogens with one attached hydrogen (secondary N) is 2. The average Bonchev–Trinajstić information content (AvgIpc) is 3.21. The Kier molecular flexibility index (Phi) is 4.83. The number of nitrogens with zero attached hydrogens (tertiary/aromatic N) is 1. The molecule has 0 radical (unpaired) electrons. The van der Waals surface area contributed by atoms with E-state index in [1.807, 2.05) is 24.4 Å². The van der Waals surface area contributed by atoms with Crippen molar-refractivity contribution in [2.75, 3.05) is 18.6 Å². The van der Waals surface area contributed by atoms with Gasteiger partial charge in [-0.3, -0.25) is 9.59 Å². The second kappa shape index (κ2) is 7.44. The molecule has 2 heterocycles. The molecule has 0 saturated carbocycles. The van der Waals surface area contributed by atoms with Crippen LogP contribution in [-0.2, 0) is 16.0 Å². The van der Waals surface area contributed by atoms with Crippen molar-refractivity contribution in [3.05, 3.63) is 60.0 Å². The molecule has 1 aliphatic rings. The molecule has 2 N–H and O–H groups in total. The lowest BCUT2D eigenvalue weighted by Crippen LogP contribution is -2.39. The van der Waals surface area contributed by atoms with Gasteiger partial charge in [0, 0.05) is 23.6 Å². The number of hydrogen-bond acceptors (Lipinski definition) is 4. The summed E-state index contributed by atoms with van der Waals surface area (Å²) in [4.78, 5) is 29.2. The normalized spacial score (nSPS) is 16.9. The zero-order valence-corrected chi connectivity index (χ0v) is 15.4. The highest BCUT2D eigenvalue weighted by molar-refractivity contribution is 6.22. The van der Waals surface area contributed by atoms with Gasteiger partial charge in [-0.25, -0.2) is 9.29 Å². The van der Waals surface area contributed by atoms with Crippen LogP contribution in [0.2, 0.25) is 0 Å². The quantitative estimate of drug-likeness (QED) is 0.644. The fraction of sp³-hybridized carbons (Fsp3) is 0.238. The molecule has 1 atom stereocenters. The van der Waals surface area contributed by atoms with E-state index >= 15 is 0 Å². The number of halogens is 1. The molecule has 2 aromatic carbocycles. The molecule has 3 aromatic rings. The number of fused-ring (bicyclic) bond motifs is 1. The molecule has 1 fully saturated rings. The minimum absolute atomic E-state index is 0.0665. The predicted molar refractivity (Wildman–Crippen MR) is 104 cm³/mol. The van der Waals surface area contributed by atoms with E-state index in [-0.39, 0.29) is 23.9 Å². The van der Waals surface area contributed by atoms with E-state index in [0.29, 0.717) is 13.0 Å². The van der Waals surface area contributed by atoms with Crippen LogP contribution in [0, 0.1) is 5.82 Å². The van der Waals surface area contributed by atoms with Crippen LogP contribution in [0.25, 0.3) is 10.9 Å². The number of carbonyl (C=O) groups is 2. The van der Waals surface area contributed by atoms with E-state index in [4.69, 9.17) is 4.74 Å². The number of H-pyrrole nitrogens is 1. The third-order valence-electron chi connectivity index (χ3n) is 4.97. The van der Waals surface area contributed by atoms with Crippen molar-refractivity contribution in [1.82, 2.24) is 10.3 Å². The lowest BCUT2D eigenvalue weighted by Gasteiger charge is -2.15. The summed E-state index contributed by atoms with van der Waals surface area (Å²) in [5, 5.41) is 4.22. The first kappa shape index (κ1) is 18.2. The molecule has 0 aliphatic carbocycles. The minimum atomic E-state index is -0.601. The zero-order valence-electron chi connectivity index (χ0n) is 15.4. The highest BCUT2D eigenvalue weighted by atomic mass is 19.1. The second-order valence-electron chi connectivity index (χ2n) is 6.73. The smallest absolute Gasteiger partial charge is 0.251 e. The molecule has 1 aliphatic heterocycles. The summed E-state index contributed by atoms with van der Waals surface area (Å²) < 4.78 is 18.7.